The van der Waals surface area contributed by atoms with E-state index >= 15 is 0 Å². The molecule has 9 heteroatoms. The van der Waals surface area contributed by atoms with Gasteiger partial charge in [-0.1, -0.05) is 5.21 Å². The van der Waals surface area contributed by atoms with E-state index in [2.05, 4.69) is 31.0 Å². The van der Waals surface area contributed by atoms with Crippen molar-refractivity contribution in [1.82, 2.24) is 40.3 Å². The number of hydrogen-bond donors (Lipinski definition) is 2. The van der Waals surface area contributed by atoms with E-state index < -0.39 is 0 Å². The van der Waals surface area contributed by atoms with Gasteiger partial charge in [-0.15, -0.1) is 10.2 Å². The van der Waals surface area contributed by atoms with E-state index in [1.807, 2.05) is 29.1 Å². The predicted octanol–water partition coefficient (Wildman–Crippen LogP) is -0.346. The molecule has 3 rings (SSSR count). The summed E-state index contributed by atoms with van der Waals surface area (Å²) in [5, 5.41) is 20.1. The van der Waals surface area contributed by atoms with Crippen molar-refractivity contribution in [2.45, 2.75) is 6.54 Å². The Labute approximate surface area is 113 Å². The highest BCUT2D eigenvalue weighted by Gasteiger charge is 2.17. The van der Waals surface area contributed by atoms with E-state index in [1.54, 1.807) is 11.7 Å². The molecular formula is C11H12N8O. The number of rotatable bonds is 4. The molecule has 0 radical (unpaired) electrons. The Morgan fingerprint density at radius 3 is 2.90 bits per heavy atom. The normalized spacial score (nSPS) is 10.7. The van der Waals surface area contributed by atoms with Crippen molar-refractivity contribution in [1.29, 1.82) is 0 Å². The van der Waals surface area contributed by atoms with Gasteiger partial charge in [0, 0.05) is 19.4 Å². The lowest BCUT2D eigenvalue weighted by Crippen LogP contribution is -2.24. The number of nitrogens with zero attached hydrogens (tertiary/aromatic N) is 6. The molecule has 0 aromatic carbocycles. The van der Waals surface area contributed by atoms with Gasteiger partial charge >= 0.3 is 0 Å². The second-order valence-corrected chi connectivity index (χ2v) is 4.11. The number of tetrazole rings is 1. The number of aromatic nitrogens is 7. The van der Waals surface area contributed by atoms with Crippen LogP contribution in [0, 0.1) is 0 Å². The zero-order chi connectivity index (χ0) is 13.9. The van der Waals surface area contributed by atoms with Gasteiger partial charge in [0.2, 0.25) is 0 Å². The summed E-state index contributed by atoms with van der Waals surface area (Å²) in [7, 11) is 1.78. The number of nitrogens with one attached hydrogen (secondary N) is 2. The predicted molar refractivity (Wildman–Crippen MR) is 67.9 cm³/mol. The van der Waals surface area contributed by atoms with Crippen molar-refractivity contribution >= 4 is 5.91 Å². The molecule has 0 fully saturated rings. The lowest BCUT2D eigenvalue weighted by atomic mass is 10.3. The van der Waals surface area contributed by atoms with Crippen molar-refractivity contribution in [3.05, 3.63) is 42.1 Å². The molecular weight excluding hydrogens is 260 g/mol. The van der Waals surface area contributed by atoms with Gasteiger partial charge in [0.25, 0.3) is 5.91 Å². The molecule has 3 heterocycles. The number of amides is 1. The van der Waals surface area contributed by atoms with Gasteiger partial charge in [0.15, 0.2) is 5.82 Å². The number of hydrogen-bond acceptors (Lipinski definition) is 5. The highest BCUT2D eigenvalue weighted by atomic mass is 16.1. The maximum atomic E-state index is 12.2. The van der Waals surface area contributed by atoms with Crippen LogP contribution in [-0.4, -0.2) is 40.9 Å². The van der Waals surface area contributed by atoms with Crippen molar-refractivity contribution < 1.29 is 4.79 Å². The van der Waals surface area contributed by atoms with Gasteiger partial charge in [-0.3, -0.25) is 9.48 Å². The second-order valence-electron chi connectivity index (χ2n) is 4.11. The number of carbonyl (C=O) groups excluding carboxylic acids is 1. The molecule has 0 atom stereocenters. The van der Waals surface area contributed by atoms with Gasteiger partial charge in [0.05, 0.1) is 12.7 Å². The molecule has 0 unspecified atom stereocenters. The number of carbonyl (C=O) groups is 1. The quantitative estimate of drug-likeness (QED) is 0.675. The largest absolute Gasteiger partial charge is 0.344 e. The third-order valence-electron chi connectivity index (χ3n) is 2.80. The molecule has 0 aliphatic heterocycles. The summed E-state index contributed by atoms with van der Waals surface area (Å²) in [5.41, 5.74) is 0.479. The molecule has 0 spiro atoms. The van der Waals surface area contributed by atoms with E-state index in [4.69, 9.17) is 0 Å². The molecule has 2 N–H and O–H groups in total. The SMILES string of the molecule is Cn1ncc(C(=O)NCc2nn[nH]n2)c1-n1cccc1. The Morgan fingerprint density at radius 1 is 1.40 bits per heavy atom. The molecule has 0 bridgehead atoms. The zero-order valence-electron chi connectivity index (χ0n) is 10.7. The smallest absolute Gasteiger partial charge is 0.257 e. The maximum absolute atomic E-state index is 12.2. The lowest BCUT2D eigenvalue weighted by Gasteiger charge is -2.07. The van der Waals surface area contributed by atoms with E-state index in [0.29, 0.717) is 17.2 Å². The third kappa shape index (κ3) is 2.16. The Kier molecular flexibility index (Phi) is 2.99. The summed E-state index contributed by atoms with van der Waals surface area (Å²) < 4.78 is 3.47. The summed E-state index contributed by atoms with van der Waals surface area (Å²) in [6.45, 7) is 0.204. The van der Waals surface area contributed by atoms with E-state index in [1.165, 1.54) is 6.20 Å². The Balaban J connectivity index is 1.82. The van der Waals surface area contributed by atoms with Crippen LogP contribution in [0.4, 0.5) is 0 Å². The third-order valence-corrected chi connectivity index (χ3v) is 2.80. The van der Waals surface area contributed by atoms with Crippen molar-refractivity contribution in [3.63, 3.8) is 0 Å². The van der Waals surface area contributed by atoms with Crippen LogP contribution in [0.25, 0.3) is 5.82 Å². The molecule has 9 nitrogen and oxygen atoms in total. The fraction of sp³-hybridized carbons (Fsp3) is 0.182. The Morgan fingerprint density at radius 2 is 2.20 bits per heavy atom. The van der Waals surface area contributed by atoms with Crippen molar-refractivity contribution in [2.75, 3.05) is 0 Å². The first kappa shape index (κ1) is 12.1. The van der Waals surface area contributed by atoms with Gasteiger partial charge in [0.1, 0.15) is 11.4 Å². The topological polar surface area (TPSA) is 106 Å². The van der Waals surface area contributed by atoms with Gasteiger partial charge in [-0.25, -0.2) is 0 Å². The molecule has 3 aromatic rings. The first-order valence-corrected chi connectivity index (χ1v) is 5.91. The van der Waals surface area contributed by atoms with Crippen LogP contribution in [0.5, 0.6) is 0 Å². The highest BCUT2D eigenvalue weighted by Crippen LogP contribution is 2.13. The van der Waals surface area contributed by atoms with Crippen LogP contribution in [-0.2, 0) is 13.6 Å². The van der Waals surface area contributed by atoms with Crippen LogP contribution in [0.15, 0.2) is 30.7 Å². The van der Waals surface area contributed by atoms with Crippen LogP contribution >= 0.6 is 0 Å². The molecule has 0 aliphatic rings. The Hall–Kier alpha value is -2.97. The summed E-state index contributed by atoms with van der Waals surface area (Å²) in [5.74, 6) is 0.872. The van der Waals surface area contributed by atoms with E-state index in [9.17, 15) is 4.79 Å². The maximum Gasteiger partial charge on any atom is 0.257 e. The monoisotopic (exact) mass is 272 g/mol. The fourth-order valence-corrected chi connectivity index (χ4v) is 1.89. The van der Waals surface area contributed by atoms with Crippen molar-refractivity contribution in [2.24, 2.45) is 7.05 Å². The molecule has 3 aromatic heterocycles. The average Bonchev–Trinajstić information content (AvgIpc) is 3.17. The molecule has 102 valence electrons. The second kappa shape index (κ2) is 4.96. The van der Waals surface area contributed by atoms with E-state index in [0.717, 1.165) is 0 Å². The summed E-state index contributed by atoms with van der Waals surface area (Å²) >= 11 is 0. The zero-order valence-corrected chi connectivity index (χ0v) is 10.7. The Bertz CT molecular complexity index is 697. The summed E-state index contributed by atoms with van der Waals surface area (Å²) in [6, 6.07) is 3.77. The van der Waals surface area contributed by atoms with Crippen LogP contribution < -0.4 is 5.32 Å². The van der Waals surface area contributed by atoms with Crippen LogP contribution in [0.1, 0.15) is 16.2 Å². The fourth-order valence-electron chi connectivity index (χ4n) is 1.89. The minimum atomic E-state index is -0.244. The first-order chi connectivity index (χ1) is 9.75. The van der Waals surface area contributed by atoms with Crippen LogP contribution in [0.2, 0.25) is 0 Å². The lowest BCUT2D eigenvalue weighted by molar-refractivity contribution is 0.0950. The first-order valence-electron chi connectivity index (χ1n) is 5.91. The number of H-pyrrole nitrogens is 1. The minimum Gasteiger partial charge on any atom is -0.344 e. The van der Waals surface area contributed by atoms with Gasteiger partial charge < -0.3 is 9.88 Å². The summed E-state index contributed by atoms with van der Waals surface area (Å²) in [6.07, 6.45) is 5.24. The van der Waals surface area contributed by atoms with Gasteiger partial charge in [-0.2, -0.15) is 10.3 Å². The highest BCUT2D eigenvalue weighted by molar-refractivity contribution is 5.97. The summed E-state index contributed by atoms with van der Waals surface area (Å²) in [4.78, 5) is 12.2. The van der Waals surface area contributed by atoms with E-state index in [-0.39, 0.29) is 12.5 Å². The molecule has 0 saturated heterocycles. The molecule has 0 aliphatic carbocycles. The average molecular weight is 272 g/mol. The number of aryl methyl sites for hydroxylation is 1. The molecule has 0 saturated carbocycles. The minimum absolute atomic E-state index is 0.204. The molecule has 20 heavy (non-hydrogen) atoms. The van der Waals surface area contributed by atoms with Gasteiger partial charge in [-0.05, 0) is 12.1 Å². The standard InChI is InChI=1S/C11H12N8O/c1-18-11(19-4-2-3-5-19)8(6-13-18)10(20)12-7-9-14-16-17-15-9/h2-6H,7H2,1H3,(H,12,20)(H,14,15,16,17). The molecule has 1 amide bonds. The number of aromatic amines is 1. The van der Waals surface area contributed by atoms with Crippen LogP contribution in [0.3, 0.4) is 0 Å². The van der Waals surface area contributed by atoms with Crippen molar-refractivity contribution in [3.8, 4) is 5.82 Å².